The monoisotopic (exact) mass is 123 g/mol. The first-order valence-electron chi connectivity index (χ1n) is 2.59. The summed E-state index contributed by atoms with van der Waals surface area (Å²) in [5.41, 5.74) is 0. The van der Waals surface area contributed by atoms with Crippen LogP contribution >= 0.6 is 0 Å². The highest BCUT2D eigenvalue weighted by molar-refractivity contribution is 5.60. The lowest BCUT2D eigenvalue weighted by atomic mass is 10.7. The molecule has 0 saturated carbocycles. The molecule has 0 fully saturated rings. The number of carbonyl (C=O) groups excluding carboxylic acids is 1. The van der Waals surface area contributed by atoms with Gasteiger partial charge in [0.15, 0.2) is 0 Å². The van der Waals surface area contributed by atoms with Crippen molar-refractivity contribution in [2.24, 2.45) is 0 Å². The van der Waals surface area contributed by atoms with Crippen molar-refractivity contribution in [3.8, 4) is 0 Å². The molecule has 1 rings (SSSR count). The molecule has 0 unspecified atom stereocenters. The van der Waals surface area contributed by atoms with Crippen LogP contribution in [-0.4, -0.2) is 18.1 Å². The van der Waals surface area contributed by atoms with Crippen molar-refractivity contribution in [3.05, 3.63) is 24.5 Å². The average molecular weight is 123 g/mol. The Morgan fingerprint density at radius 1 is 1.44 bits per heavy atom. The molecular formula is C6H7N2O. The molecule has 9 heavy (non-hydrogen) atoms. The molecule has 3 nitrogen and oxygen atoms in total. The van der Waals surface area contributed by atoms with Crippen LogP contribution < -0.4 is 5.01 Å². The highest BCUT2D eigenvalue weighted by Gasteiger charge is 1.91. The van der Waals surface area contributed by atoms with Crippen molar-refractivity contribution in [2.45, 2.75) is 0 Å². The zero-order chi connectivity index (χ0) is 6.69. The smallest absolute Gasteiger partial charge is 0.266 e. The summed E-state index contributed by atoms with van der Waals surface area (Å²) in [7, 11) is 1.63. The Hall–Kier alpha value is -1.25. The second kappa shape index (κ2) is 2.35. The fraction of sp³-hybridized carbons (Fsp3) is 0.167. The van der Waals surface area contributed by atoms with Crippen molar-refractivity contribution in [2.75, 3.05) is 12.1 Å². The van der Waals surface area contributed by atoms with Gasteiger partial charge in [0.25, 0.3) is 0 Å². The van der Waals surface area contributed by atoms with Gasteiger partial charge in [-0.3, -0.25) is 9.47 Å². The van der Waals surface area contributed by atoms with E-state index in [4.69, 9.17) is 0 Å². The molecular weight excluding hydrogens is 116 g/mol. The third kappa shape index (κ3) is 1.10. The maximum absolute atomic E-state index is 9.98. The number of aromatic nitrogens is 1. The van der Waals surface area contributed by atoms with E-state index in [-0.39, 0.29) is 0 Å². The van der Waals surface area contributed by atoms with Crippen LogP contribution in [0.15, 0.2) is 24.5 Å². The normalized spacial score (nSPS) is 9.00. The summed E-state index contributed by atoms with van der Waals surface area (Å²) in [5.74, 6) is 0. The minimum Gasteiger partial charge on any atom is -0.266 e. The minimum absolute atomic E-state index is 1.32. The van der Waals surface area contributed by atoms with Crippen molar-refractivity contribution in [1.82, 2.24) is 4.68 Å². The summed E-state index contributed by atoms with van der Waals surface area (Å²) >= 11 is 0. The van der Waals surface area contributed by atoms with Crippen LogP contribution in [0.3, 0.4) is 0 Å². The second-order valence-corrected chi connectivity index (χ2v) is 1.68. The van der Waals surface area contributed by atoms with Gasteiger partial charge in [-0.15, -0.1) is 0 Å². The van der Waals surface area contributed by atoms with E-state index in [1.165, 1.54) is 5.01 Å². The molecule has 0 atom stereocenters. The zero-order valence-corrected chi connectivity index (χ0v) is 5.11. The first kappa shape index (κ1) is 5.88. The van der Waals surface area contributed by atoms with Crippen LogP contribution in [0, 0.1) is 0 Å². The van der Waals surface area contributed by atoms with Gasteiger partial charge >= 0.3 is 6.41 Å². The molecule has 0 aliphatic heterocycles. The van der Waals surface area contributed by atoms with Crippen LogP contribution in [0.2, 0.25) is 0 Å². The van der Waals surface area contributed by atoms with Crippen molar-refractivity contribution in [3.63, 3.8) is 0 Å². The number of nitrogens with zero attached hydrogens (tertiary/aromatic N) is 2. The van der Waals surface area contributed by atoms with Gasteiger partial charge in [0.1, 0.15) is 0 Å². The molecule has 0 aliphatic rings. The SMILES string of the molecule is CN([C]=O)n1cccc1. The predicted molar refractivity (Wildman–Crippen MR) is 34.3 cm³/mol. The van der Waals surface area contributed by atoms with Crippen molar-refractivity contribution >= 4 is 6.41 Å². The maximum Gasteiger partial charge on any atom is 0.332 e. The summed E-state index contributed by atoms with van der Waals surface area (Å²) in [5, 5.41) is 1.32. The number of hydrogen-bond donors (Lipinski definition) is 0. The lowest BCUT2D eigenvalue weighted by Gasteiger charge is -2.08. The van der Waals surface area contributed by atoms with Gasteiger partial charge in [0, 0.05) is 19.4 Å². The molecule has 0 spiro atoms. The van der Waals surface area contributed by atoms with Gasteiger partial charge < -0.3 is 0 Å². The van der Waals surface area contributed by atoms with Gasteiger partial charge in [-0.05, 0) is 12.1 Å². The van der Waals surface area contributed by atoms with Gasteiger partial charge in [-0.25, -0.2) is 5.01 Å². The van der Waals surface area contributed by atoms with E-state index in [1.54, 1.807) is 30.5 Å². The molecule has 0 bridgehead atoms. The van der Waals surface area contributed by atoms with Crippen LogP contribution in [-0.2, 0) is 4.79 Å². The third-order valence-electron chi connectivity index (χ3n) is 1.07. The quantitative estimate of drug-likeness (QED) is 0.513. The third-order valence-corrected chi connectivity index (χ3v) is 1.07. The lowest BCUT2D eigenvalue weighted by Crippen LogP contribution is -2.26. The summed E-state index contributed by atoms with van der Waals surface area (Å²) in [4.78, 5) is 9.98. The van der Waals surface area contributed by atoms with E-state index in [0.717, 1.165) is 0 Å². The maximum atomic E-state index is 9.98. The molecule has 0 aromatic carbocycles. The van der Waals surface area contributed by atoms with E-state index in [9.17, 15) is 4.79 Å². The molecule has 1 amide bonds. The van der Waals surface area contributed by atoms with E-state index in [1.807, 2.05) is 12.1 Å². The standard InChI is InChI=1S/C6H7N2O/c1-7(6-9)8-4-2-3-5-8/h2-5H,1H3. The first-order valence-corrected chi connectivity index (χ1v) is 2.59. The summed E-state index contributed by atoms with van der Waals surface area (Å²) in [6, 6.07) is 3.68. The summed E-state index contributed by atoms with van der Waals surface area (Å²) in [6.07, 6.45) is 5.25. The van der Waals surface area contributed by atoms with Crippen molar-refractivity contribution in [1.29, 1.82) is 0 Å². The van der Waals surface area contributed by atoms with E-state index in [0.29, 0.717) is 0 Å². The highest BCUT2D eigenvalue weighted by Crippen LogP contribution is 1.86. The van der Waals surface area contributed by atoms with Crippen molar-refractivity contribution < 1.29 is 4.79 Å². The highest BCUT2D eigenvalue weighted by atomic mass is 16.1. The van der Waals surface area contributed by atoms with Crippen LogP contribution in [0.4, 0.5) is 0 Å². The van der Waals surface area contributed by atoms with Crippen LogP contribution in [0.25, 0.3) is 0 Å². The number of amides is 1. The van der Waals surface area contributed by atoms with Crippen LogP contribution in [0.5, 0.6) is 0 Å². The molecule has 3 heteroatoms. The lowest BCUT2D eigenvalue weighted by molar-refractivity contribution is 0.541. The zero-order valence-electron chi connectivity index (χ0n) is 5.11. The summed E-state index contributed by atoms with van der Waals surface area (Å²) in [6.45, 7) is 0. The Bertz CT molecular complexity index is 181. The molecule has 1 aromatic heterocycles. The average Bonchev–Trinajstić information content (AvgIpc) is 2.37. The Morgan fingerprint density at radius 3 is 2.44 bits per heavy atom. The number of hydrogen-bond acceptors (Lipinski definition) is 1. The minimum atomic E-state index is 1.32. The molecule has 0 N–H and O–H groups in total. The van der Waals surface area contributed by atoms with Crippen LogP contribution in [0.1, 0.15) is 0 Å². The fourth-order valence-electron chi connectivity index (χ4n) is 0.573. The van der Waals surface area contributed by atoms with Gasteiger partial charge in [-0.2, -0.15) is 0 Å². The second-order valence-electron chi connectivity index (χ2n) is 1.68. The Kier molecular flexibility index (Phi) is 1.53. The topological polar surface area (TPSA) is 25.2 Å². The predicted octanol–water partition coefficient (Wildman–Crippen LogP) is 0.123. The molecule has 0 aliphatic carbocycles. The first-order chi connectivity index (χ1) is 4.34. The van der Waals surface area contributed by atoms with E-state index in [2.05, 4.69) is 0 Å². The Morgan fingerprint density at radius 2 is 2.00 bits per heavy atom. The van der Waals surface area contributed by atoms with Gasteiger partial charge in [0.2, 0.25) is 0 Å². The molecule has 0 saturated heterocycles. The Balaban J connectivity index is 2.76. The molecule has 1 heterocycles. The largest absolute Gasteiger partial charge is 0.332 e. The molecule has 47 valence electrons. The summed E-state index contributed by atoms with van der Waals surface area (Å²) < 4.78 is 1.63. The van der Waals surface area contributed by atoms with E-state index >= 15 is 0 Å². The fourth-order valence-corrected chi connectivity index (χ4v) is 0.573. The molecule has 1 aromatic rings. The van der Waals surface area contributed by atoms with E-state index < -0.39 is 0 Å². The number of rotatable bonds is 2. The molecule has 1 radical (unpaired) electrons. The Labute approximate surface area is 53.5 Å². The van der Waals surface area contributed by atoms with Gasteiger partial charge in [0.05, 0.1) is 0 Å². The van der Waals surface area contributed by atoms with Gasteiger partial charge in [-0.1, -0.05) is 0 Å².